The van der Waals surface area contributed by atoms with Crippen LogP contribution in [0, 0.1) is 5.82 Å². The minimum Gasteiger partial charge on any atom is -0.465 e. The van der Waals surface area contributed by atoms with E-state index in [2.05, 4.69) is 4.99 Å². The Labute approximate surface area is 188 Å². The number of fused-ring (bicyclic) bond motifs is 1. The van der Waals surface area contributed by atoms with Crippen LogP contribution in [0.4, 0.5) is 4.39 Å². The summed E-state index contributed by atoms with van der Waals surface area (Å²) in [5.74, 6) is -0.924. The maximum Gasteiger partial charge on any atom is 0.326 e. The number of hydrogen-bond donors (Lipinski definition) is 0. The summed E-state index contributed by atoms with van der Waals surface area (Å²) in [6.45, 7) is 3.39. The average Bonchev–Trinajstić information content (AvgIpc) is 2.90. The first-order valence-electron chi connectivity index (χ1n) is 10.4. The molecule has 2 amide bonds. The van der Waals surface area contributed by atoms with Crippen molar-refractivity contribution in [3.8, 4) is 0 Å². The first kappa shape index (κ1) is 23.5. The molecule has 0 spiro atoms. The van der Waals surface area contributed by atoms with E-state index in [4.69, 9.17) is 4.74 Å². The van der Waals surface area contributed by atoms with Gasteiger partial charge in [-0.2, -0.15) is 4.99 Å². The first-order chi connectivity index (χ1) is 15.0. The Balaban J connectivity index is 1.69. The number of benzene rings is 1. The van der Waals surface area contributed by atoms with Crippen molar-refractivity contribution in [3.05, 3.63) is 28.8 Å². The topological polar surface area (TPSA) is 81.0 Å². The number of carbonyl (C=O) groups is 3. The first-order valence-corrected chi connectivity index (χ1v) is 12.3. The van der Waals surface area contributed by atoms with Crippen LogP contribution in [0.15, 0.2) is 23.2 Å². The Morgan fingerprint density at radius 2 is 1.90 bits per heavy atom. The molecular formula is C21H26FN3O4S2. The summed E-state index contributed by atoms with van der Waals surface area (Å²) in [5.41, 5.74) is 0.606. The second kappa shape index (κ2) is 11.4. The van der Waals surface area contributed by atoms with E-state index in [0.717, 1.165) is 50.1 Å². The van der Waals surface area contributed by atoms with Crippen LogP contribution in [-0.2, 0) is 25.7 Å². The molecule has 1 aromatic carbocycles. The van der Waals surface area contributed by atoms with Gasteiger partial charge in [0.1, 0.15) is 12.4 Å². The SMILES string of the molecule is CCOC(=O)Cn1c(=NC(=O)CSCC(=O)N2CCCCCC2)sc2cc(F)ccc21. The van der Waals surface area contributed by atoms with E-state index in [1.807, 2.05) is 4.90 Å². The van der Waals surface area contributed by atoms with Gasteiger partial charge in [0.15, 0.2) is 4.80 Å². The minimum absolute atomic E-state index is 0.0504. The molecule has 1 fully saturated rings. The highest BCUT2D eigenvalue weighted by atomic mass is 32.2. The maximum absolute atomic E-state index is 13.6. The average molecular weight is 468 g/mol. The fraction of sp³-hybridized carbons (Fsp3) is 0.524. The number of aromatic nitrogens is 1. The molecule has 168 valence electrons. The maximum atomic E-state index is 13.6. The molecule has 0 unspecified atom stereocenters. The number of hydrogen-bond acceptors (Lipinski definition) is 6. The molecule has 0 atom stereocenters. The molecule has 0 N–H and O–H groups in total. The number of thioether (sulfide) groups is 1. The zero-order valence-corrected chi connectivity index (χ0v) is 19.1. The van der Waals surface area contributed by atoms with Gasteiger partial charge in [0.2, 0.25) is 5.91 Å². The van der Waals surface area contributed by atoms with Crippen LogP contribution in [0.2, 0.25) is 0 Å². The Hall–Kier alpha value is -2.20. The third-order valence-electron chi connectivity index (χ3n) is 4.87. The molecule has 7 nitrogen and oxygen atoms in total. The molecule has 2 heterocycles. The predicted octanol–water partition coefficient (Wildman–Crippen LogP) is 2.97. The Morgan fingerprint density at radius 3 is 2.61 bits per heavy atom. The Morgan fingerprint density at radius 1 is 1.16 bits per heavy atom. The molecule has 2 aromatic rings. The summed E-state index contributed by atoms with van der Waals surface area (Å²) in [6, 6.07) is 4.20. The normalized spacial score (nSPS) is 15.2. The lowest BCUT2D eigenvalue weighted by Crippen LogP contribution is -2.33. The summed E-state index contributed by atoms with van der Waals surface area (Å²) in [4.78, 5) is 43.1. The quantitative estimate of drug-likeness (QED) is 0.585. The van der Waals surface area contributed by atoms with E-state index in [9.17, 15) is 18.8 Å². The largest absolute Gasteiger partial charge is 0.465 e. The number of likely N-dealkylation sites (tertiary alicyclic amines) is 1. The van der Waals surface area contributed by atoms with Crippen LogP contribution in [0.1, 0.15) is 32.6 Å². The highest BCUT2D eigenvalue weighted by Gasteiger charge is 2.16. The summed E-state index contributed by atoms with van der Waals surface area (Å²) in [7, 11) is 0. The highest BCUT2D eigenvalue weighted by Crippen LogP contribution is 2.19. The van der Waals surface area contributed by atoms with E-state index in [1.165, 1.54) is 23.9 Å². The van der Waals surface area contributed by atoms with Gasteiger partial charge in [-0.1, -0.05) is 24.2 Å². The summed E-state index contributed by atoms with van der Waals surface area (Å²) in [6.07, 6.45) is 4.35. The van der Waals surface area contributed by atoms with E-state index < -0.39 is 17.7 Å². The van der Waals surface area contributed by atoms with Crippen LogP contribution in [-0.4, -0.2) is 58.5 Å². The van der Waals surface area contributed by atoms with Gasteiger partial charge in [-0.05, 0) is 38.0 Å². The summed E-state index contributed by atoms with van der Waals surface area (Å²) in [5, 5.41) is 0. The number of ether oxygens (including phenoxy) is 1. The van der Waals surface area contributed by atoms with Gasteiger partial charge in [-0.25, -0.2) is 4.39 Å². The lowest BCUT2D eigenvalue weighted by molar-refractivity contribution is -0.143. The van der Waals surface area contributed by atoms with Gasteiger partial charge >= 0.3 is 5.97 Å². The van der Waals surface area contributed by atoms with Crippen molar-refractivity contribution >= 4 is 51.1 Å². The molecule has 1 aliphatic rings. The summed E-state index contributed by atoms with van der Waals surface area (Å²) >= 11 is 2.37. The number of thiazole rings is 1. The fourth-order valence-electron chi connectivity index (χ4n) is 3.40. The molecule has 3 rings (SSSR count). The van der Waals surface area contributed by atoms with Gasteiger partial charge in [-0.3, -0.25) is 14.4 Å². The molecular weight excluding hydrogens is 441 g/mol. The van der Waals surface area contributed by atoms with Gasteiger partial charge in [0.05, 0.1) is 28.3 Å². The lowest BCUT2D eigenvalue weighted by atomic mass is 10.2. The van der Waals surface area contributed by atoms with E-state index >= 15 is 0 Å². The molecule has 1 aromatic heterocycles. The monoisotopic (exact) mass is 467 g/mol. The molecule has 1 saturated heterocycles. The Bertz CT molecular complexity index is 1010. The van der Waals surface area contributed by atoms with Crippen molar-refractivity contribution in [2.75, 3.05) is 31.2 Å². The van der Waals surface area contributed by atoms with Crippen molar-refractivity contribution in [1.29, 1.82) is 0 Å². The van der Waals surface area contributed by atoms with Crippen LogP contribution >= 0.6 is 23.1 Å². The van der Waals surface area contributed by atoms with Crippen molar-refractivity contribution < 1.29 is 23.5 Å². The van der Waals surface area contributed by atoms with E-state index in [1.54, 1.807) is 17.6 Å². The molecule has 0 bridgehead atoms. The number of halogens is 1. The van der Waals surface area contributed by atoms with Crippen LogP contribution < -0.4 is 4.80 Å². The van der Waals surface area contributed by atoms with Gasteiger partial charge in [0, 0.05) is 13.1 Å². The molecule has 10 heteroatoms. The molecule has 31 heavy (non-hydrogen) atoms. The molecule has 0 radical (unpaired) electrons. The van der Waals surface area contributed by atoms with Crippen LogP contribution in [0.5, 0.6) is 0 Å². The standard InChI is InChI=1S/C21H26FN3O4S2/c1-2-29-20(28)12-25-16-8-7-15(22)11-17(16)31-21(25)23-18(26)13-30-14-19(27)24-9-5-3-4-6-10-24/h7-8,11H,2-6,9-10,12-14H2,1H3. The number of esters is 1. The molecule has 1 aliphatic heterocycles. The fourth-order valence-corrected chi connectivity index (χ4v) is 5.17. The van der Waals surface area contributed by atoms with Crippen molar-refractivity contribution in [3.63, 3.8) is 0 Å². The van der Waals surface area contributed by atoms with Gasteiger partial charge in [-0.15, -0.1) is 11.8 Å². The second-order valence-corrected chi connectivity index (χ2v) is 9.18. The van der Waals surface area contributed by atoms with Crippen molar-refractivity contribution in [2.45, 2.75) is 39.2 Å². The smallest absolute Gasteiger partial charge is 0.326 e. The third-order valence-corrected chi connectivity index (χ3v) is 6.81. The van der Waals surface area contributed by atoms with E-state index in [0.29, 0.717) is 15.0 Å². The number of rotatable bonds is 7. The van der Waals surface area contributed by atoms with Crippen LogP contribution in [0.25, 0.3) is 10.2 Å². The van der Waals surface area contributed by atoms with Crippen molar-refractivity contribution in [2.24, 2.45) is 4.99 Å². The number of amides is 2. The number of carbonyl (C=O) groups excluding carboxylic acids is 3. The highest BCUT2D eigenvalue weighted by molar-refractivity contribution is 8.00. The molecule has 0 aliphatic carbocycles. The zero-order valence-electron chi connectivity index (χ0n) is 17.5. The van der Waals surface area contributed by atoms with Crippen LogP contribution in [0.3, 0.4) is 0 Å². The van der Waals surface area contributed by atoms with Crippen molar-refractivity contribution in [1.82, 2.24) is 9.47 Å². The Kier molecular flexibility index (Phi) is 8.65. The van der Waals surface area contributed by atoms with E-state index in [-0.39, 0.29) is 30.6 Å². The minimum atomic E-state index is -0.460. The lowest BCUT2D eigenvalue weighted by Gasteiger charge is -2.19. The molecule has 0 saturated carbocycles. The summed E-state index contributed by atoms with van der Waals surface area (Å²) < 4.78 is 20.8. The second-order valence-electron chi connectivity index (χ2n) is 7.18. The van der Waals surface area contributed by atoms with Gasteiger partial charge < -0.3 is 14.2 Å². The number of nitrogens with zero attached hydrogens (tertiary/aromatic N) is 3. The predicted molar refractivity (Wildman–Crippen MR) is 119 cm³/mol. The van der Waals surface area contributed by atoms with Gasteiger partial charge in [0.25, 0.3) is 5.91 Å². The zero-order chi connectivity index (χ0) is 22.2. The third kappa shape index (κ3) is 6.64.